The van der Waals surface area contributed by atoms with E-state index in [0.29, 0.717) is 12.6 Å². The molecule has 0 amide bonds. The third-order valence-electron chi connectivity index (χ3n) is 5.07. The monoisotopic (exact) mass is 329 g/mol. The molecule has 4 nitrogen and oxygen atoms in total. The van der Waals surface area contributed by atoms with Crippen molar-refractivity contribution in [3.8, 4) is 0 Å². The van der Waals surface area contributed by atoms with Crippen LogP contribution in [0.3, 0.4) is 0 Å². The average Bonchev–Trinajstić information content (AvgIpc) is 3.18. The van der Waals surface area contributed by atoms with Gasteiger partial charge in [-0.2, -0.15) is 0 Å². The lowest BCUT2D eigenvalue weighted by Gasteiger charge is -2.17. The van der Waals surface area contributed by atoms with Crippen molar-refractivity contribution < 1.29 is 0 Å². The summed E-state index contributed by atoms with van der Waals surface area (Å²) in [6.07, 6.45) is 11.2. The van der Waals surface area contributed by atoms with Gasteiger partial charge in [0.25, 0.3) is 5.56 Å². The van der Waals surface area contributed by atoms with E-state index >= 15 is 0 Å². The van der Waals surface area contributed by atoms with Gasteiger partial charge in [0.05, 0.1) is 5.39 Å². The Balaban J connectivity index is 1.86. The van der Waals surface area contributed by atoms with Crippen LogP contribution in [0.25, 0.3) is 10.2 Å². The van der Waals surface area contributed by atoms with Crippen molar-refractivity contribution in [2.24, 2.45) is 0 Å². The molecule has 0 saturated heterocycles. The summed E-state index contributed by atoms with van der Waals surface area (Å²) >= 11 is 1.72. The Kier molecular flexibility index (Phi) is 3.97. The first kappa shape index (κ1) is 14.9. The summed E-state index contributed by atoms with van der Waals surface area (Å²) in [4.78, 5) is 20.2. The Hall–Kier alpha value is -1.62. The molecule has 0 radical (unpaired) electrons. The van der Waals surface area contributed by atoms with Crippen LogP contribution in [0, 0.1) is 0 Å². The lowest BCUT2D eigenvalue weighted by atomic mass is 9.97. The van der Waals surface area contributed by atoms with E-state index in [9.17, 15) is 4.79 Å². The minimum absolute atomic E-state index is 0.106. The molecule has 23 heavy (non-hydrogen) atoms. The highest BCUT2D eigenvalue weighted by Crippen LogP contribution is 2.34. The highest BCUT2D eigenvalue weighted by Gasteiger charge is 2.23. The van der Waals surface area contributed by atoms with Crippen molar-refractivity contribution in [2.45, 2.75) is 64.0 Å². The Labute approximate surface area is 140 Å². The maximum absolute atomic E-state index is 13.1. The molecule has 2 aromatic rings. The van der Waals surface area contributed by atoms with Crippen molar-refractivity contribution >= 4 is 27.5 Å². The van der Waals surface area contributed by atoms with Crippen LogP contribution in [-0.2, 0) is 19.4 Å². The number of allylic oxidation sites excluding steroid dienone is 1. The first-order valence-corrected chi connectivity index (χ1v) is 9.52. The van der Waals surface area contributed by atoms with E-state index < -0.39 is 0 Å². The normalized spacial score (nSPS) is 18.3. The predicted molar refractivity (Wildman–Crippen MR) is 96.6 cm³/mol. The first-order valence-electron chi connectivity index (χ1n) is 8.70. The number of aryl methyl sites for hydroxylation is 2. The summed E-state index contributed by atoms with van der Waals surface area (Å²) in [5, 5.41) is 4.38. The maximum atomic E-state index is 13.1. The van der Waals surface area contributed by atoms with Crippen molar-refractivity contribution in [1.82, 2.24) is 9.55 Å². The second-order valence-corrected chi connectivity index (χ2v) is 7.74. The second-order valence-electron chi connectivity index (χ2n) is 6.66. The molecule has 0 aromatic carbocycles. The molecule has 1 N–H and O–H groups in total. The number of nitrogens with one attached hydrogen (secondary N) is 1. The van der Waals surface area contributed by atoms with E-state index in [1.165, 1.54) is 49.0 Å². The van der Waals surface area contributed by atoms with Crippen LogP contribution < -0.4 is 10.9 Å². The molecule has 2 aliphatic carbocycles. The van der Waals surface area contributed by atoms with Crippen molar-refractivity contribution in [1.29, 1.82) is 0 Å². The number of anilines is 1. The molecular formula is C18H23N3OS. The van der Waals surface area contributed by atoms with Crippen molar-refractivity contribution in [3.05, 3.63) is 33.4 Å². The van der Waals surface area contributed by atoms with Gasteiger partial charge in [0, 0.05) is 17.5 Å². The van der Waals surface area contributed by atoms with E-state index in [-0.39, 0.29) is 5.56 Å². The highest BCUT2D eigenvalue weighted by molar-refractivity contribution is 7.18. The fourth-order valence-corrected chi connectivity index (χ4v) is 5.15. The van der Waals surface area contributed by atoms with Gasteiger partial charge in [-0.3, -0.25) is 9.36 Å². The van der Waals surface area contributed by atoms with Crippen LogP contribution in [0.2, 0.25) is 0 Å². The average molecular weight is 329 g/mol. The molecule has 122 valence electrons. The van der Waals surface area contributed by atoms with Gasteiger partial charge in [0.1, 0.15) is 4.83 Å². The molecule has 2 heterocycles. The fraction of sp³-hybridized carbons (Fsp3) is 0.556. The maximum Gasteiger partial charge on any atom is 0.264 e. The number of fused-ring (bicyclic) bond motifs is 3. The second kappa shape index (κ2) is 6.11. The molecular weight excluding hydrogens is 306 g/mol. The van der Waals surface area contributed by atoms with E-state index in [0.717, 1.165) is 29.0 Å². The minimum atomic E-state index is 0.106. The Morgan fingerprint density at radius 3 is 2.83 bits per heavy atom. The van der Waals surface area contributed by atoms with Gasteiger partial charge in [0.2, 0.25) is 5.95 Å². The summed E-state index contributed by atoms with van der Waals surface area (Å²) in [6.45, 7) is 4.33. The summed E-state index contributed by atoms with van der Waals surface area (Å²) < 4.78 is 1.77. The Bertz CT molecular complexity index is 799. The van der Waals surface area contributed by atoms with Gasteiger partial charge < -0.3 is 5.32 Å². The van der Waals surface area contributed by atoms with Gasteiger partial charge in [-0.15, -0.1) is 17.9 Å². The zero-order valence-electron chi connectivity index (χ0n) is 13.4. The molecule has 0 bridgehead atoms. The molecule has 5 heteroatoms. The molecule has 1 saturated carbocycles. The Morgan fingerprint density at radius 2 is 2.04 bits per heavy atom. The van der Waals surface area contributed by atoms with E-state index in [1.807, 2.05) is 0 Å². The summed E-state index contributed by atoms with van der Waals surface area (Å²) in [5.74, 6) is 0.730. The van der Waals surface area contributed by atoms with Crippen LogP contribution in [0.4, 0.5) is 5.95 Å². The number of hydrogen-bond donors (Lipinski definition) is 1. The van der Waals surface area contributed by atoms with Gasteiger partial charge in [0.15, 0.2) is 0 Å². The lowest BCUT2D eigenvalue weighted by molar-refractivity contribution is 0.693. The third kappa shape index (κ3) is 2.61. The van der Waals surface area contributed by atoms with Crippen LogP contribution in [0.1, 0.15) is 49.0 Å². The van der Waals surface area contributed by atoms with Crippen LogP contribution in [0.5, 0.6) is 0 Å². The lowest BCUT2D eigenvalue weighted by Crippen LogP contribution is -2.28. The molecule has 2 aromatic heterocycles. The van der Waals surface area contributed by atoms with Crippen LogP contribution >= 0.6 is 11.3 Å². The minimum Gasteiger partial charge on any atom is -0.353 e. The van der Waals surface area contributed by atoms with Gasteiger partial charge in [-0.05, 0) is 44.1 Å². The molecule has 2 aliphatic rings. The SMILES string of the molecule is C=CCn1c(NC2CCCC2)nc2sc3c(c2c1=O)CCCC3. The Morgan fingerprint density at radius 1 is 1.26 bits per heavy atom. The summed E-state index contributed by atoms with van der Waals surface area (Å²) in [6, 6.07) is 0.449. The molecule has 4 rings (SSSR count). The standard InChI is InChI=1S/C18H23N3OS/c1-2-11-21-17(22)15-13-9-5-6-10-14(13)23-16(15)20-18(21)19-12-7-3-4-8-12/h2,12H,1,3-11H2,(H,19,20). The fourth-order valence-electron chi connectivity index (χ4n) is 3.90. The van der Waals surface area contributed by atoms with Gasteiger partial charge in [-0.25, -0.2) is 4.98 Å². The van der Waals surface area contributed by atoms with Crippen LogP contribution in [-0.4, -0.2) is 15.6 Å². The zero-order valence-corrected chi connectivity index (χ0v) is 14.3. The molecule has 0 spiro atoms. The smallest absolute Gasteiger partial charge is 0.264 e. The van der Waals surface area contributed by atoms with Gasteiger partial charge >= 0.3 is 0 Å². The number of thiophene rings is 1. The van der Waals surface area contributed by atoms with E-state index in [1.54, 1.807) is 22.0 Å². The summed E-state index contributed by atoms with van der Waals surface area (Å²) in [5.41, 5.74) is 1.37. The van der Waals surface area contributed by atoms with Crippen molar-refractivity contribution in [2.75, 3.05) is 5.32 Å². The quantitative estimate of drug-likeness (QED) is 0.866. The topological polar surface area (TPSA) is 46.9 Å². The zero-order chi connectivity index (χ0) is 15.8. The number of hydrogen-bond acceptors (Lipinski definition) is 4. The molecule has 1 fully saturated rings. The predicted octanol–water partition coefficient (Wildman–Crippen LogP) is 3.88. The molecule has 0 aliphatic heterocycles. The number of nitrogens with zero attached hydrogens (tertiary/aromatic N) is 2. The van der Waals surface area contributed by atoms with E-state index in [4.69, 9.17) is 4.98 Å². The molecule has 0 atom stereocenters. The third-order valence-corrected chi connectivity index (χ3v) is 6.26. The largest absolute Gasteiger partial charge is 0.353 e. The van der Waals surface area contributed by atoms with E-state index in [2.05, 4.69) is 11.9 Å². The molecule has 0 unspecified atom stereocenters. The highest BCUT2D eigenvalue weighted by atomic mass is 32.1. The van der Waals surface area contributed by atoms with Crippen LogP contribution in [0.15, 0.2) is 17.4 Å². The number of aromatic nitrogens is 2. The first-order chi connectivity index (χ1) is 11.3. The number of rotatable bonds is 4. The van der Waals surface area contributed by atoms with Crippen molar-refractivity contribution in [3.63, 3.8) is 0 Å². The summed E-state index contributed by atoms with van der Waals surface area (Å²) in [7, 11) is 0. The van der Waals surface area contributed by atoms with Gasteiger partial charge in [-0.1, -0.05) is 18.9 Å².